The Morgan fingerprint density at radius 1 is 1.04 bits per heavy atom. The summed E-state index contributed by atoms with van der Waals surface area (Å²) in [4.78, 5) is 0. The molecular formula is C21H35FNO+. The molecule has 0 unspecified atom stereocenters. The van der Waals surface area contributed by atoms with E-state index in [-0.39, 0.29) is 5.82 Å². The minimum Gasteiger partial charge on any atom is -0.484 e. The Labute approximate surface area is 147 Å². The maximum absolute atomic E-state index is 14.0. The second-order valence-corrected chi connectivity index (χ2v) is 7.92. The van der Waals surface area contributed by atoms with Crippen LogP contribution in [0.5, 0.6) is 5.75 Å². The molecule has 0 radical (unpaired) electrons. The van der Waals surface area contributed by atoms with Gasteiger partial charge in [0, 0.05) is 0 Å². The van der Waals surface area contributed by atoms with E-state index < -0.39 is 0 Å². The van der Waals surface area contributed by atoms with Gasteiger partial charge in [0.05, 0.1) is 19.6 Å². The van der Waals surface area contributed by atoms with Gasteiger partial charge in [0.15, 0.2) is 11.6 Å². The summed E-state index contributed by atoms with van der Waals surface area (Å²) in [6.07, 6.45) is 7.99. The number of ether oxygens (including phenoxy) is 1. The Balaban J connectivity index is 1.98. The van der Waals surface area contributed by atoms with Crippen molar-refractivity contribution in [3.8, 4) is 5.75 Å². The molecule has 2 nitrogen and oxygen atoms in total. The Morgan fingerprint density at radius 2 is 1.71 bits per heavy atom. The minimum atomic E-state index is -0.239. The van der Waals surface area contributed by atoms with Gasteiger partial charge in [-0.15, -0.1) is 0 Å². The number of halogens is 1. The van der Waals surface area contributed by atoms with Crippen LogP contribution in [0.4, 0.5) is 4.39 Å². The highest BCUT2D eigenvalue weighted by Gasteiger charge is 2.28. The highest BCUT2D eigenvalue weighted by molar-refractivity contribution is 5.33. The second-order valence-electron chi connectivity index (χ2n) is 7.92. The summed E-state index contributed by atoms with van der Waals surface area (Å²) >= 11 is 0. The lowest BCUT2D eigenvalue weighted by Gasteiger charge is -2.40. The van der Waals surface area contributed by atoms with Gasteiger partial charge >= 0.3 is 0 Å². The van der Waals surface area contributed by atoms with Crippen molar-refractivity contribution in [1.82, 2.24) is 0 Å². The van der Waals surface area contributed by atoms with Crippen molar-refractivity contribution in [3.05, 3.63) is 29.6 Å². The summed E-state index contributed by atoms with van der Waals surface area (Å²) in [5, 5.41) is 0. The highest BCUT2D eigenvalue weighted by Crippen LogP contribution is 2.23. The van der Waals surface area contributed by atoms with Crippen LogP contribution in [0.25, 0.3) is 0 Å². The smallest absolute Gasteiger partial charge is 0.165 e. The molecule has 1 fully saturated rings. The van der Waals surface area contributed by atoms with Gasteiger partial charge in [0.25, 0.3) is 0 Å². The third-order valence-electron chi connectivity index (χ3n) is 5.42. The molecule has 24 heavy (non-hydrogen) atoms. The van der Waals surface area contributed by atoms with Crippen LogP contribution in [0.15, 0.2) is 18.2 Å². The third kappa shape index (κ3) is 5.77. The fraction of sp³-hybridized carbons (Fsp3) is 0.714. The molecule has 0 N–H and O–H groups in total. The van der Waals surface area contributed by atoms with E-state index in [1.54, 1.807) is 6.07 Å². The predicted molar refractivity (Wildman–Crippen MR) is 98.9 cm³/mol. The molecule has 0 spiro atoms. The van der Waals surface area contributed by atoms with Crippen LogP contribution in [-0.4, -0.2) is 37.3 Å². The maximum atomic E-state index is 14.0. The third-order valence-corrected chi connectivity index (χ3v) is 5.42. The first kappa shape index (κ1) is 19.2. The standard InChI is InChI=1S/C21H35FNO/c1-18(2)12-15-23(13-7-5-4-6-8-14-23)16-17-24-21-19(3)10-9-11-20(21)22/h9-11,18H,4-8,12-17H2,1-3H3/q+1. The monoisotopic (exact) mass is 336 g/mol. The highest BCUT2D eigenvalue weighted by atomic mass is 19.1. The molecule has 0 aromatic heterocycles. The van der Waals surface area contributed by atoms with Crippen molar-refractivity contribution < 1.29 is 13.6 Å². The number of para-hydroxylation sites is 1. The fourth-order valence-corrected chi connectivity index (χ4v) is 3.77. The van der Waals surface area contributed by atoms with Crippen molar-refractivity contribution in [2.75, 3.05) is 32.8 Å². The van der Waals surface area contributed by atoms with Crippen LogP contribution in [0.2, 0.25) is 0 Å². The number of likely N-dealkylation sites (tertiary alicyclic amines) is 1. The fourth-order valence-electron chi connectivity index (χ4n) is 3.77. The quantitative estimate of drug-likeness (QED) is 0.611. The molecule has 2 rings (SSSR count). The van der Waals surface area contributed by atoms with Gasteiger partial charge in [-0.05, 0) is 56.6 Å². The van der Waals surface area contributed by atoms with Gasteiger partial charge in [-0.25, -0.2) is 4.39 Å². The van der Waals surface area contributed by atoms with E-state index in [1.165, 1.54) is 64.2 Å². The van der Waals surface area contributed by atoms with Crippen LogP contribution in [0, 0.1) is 18.7 Å². The lowest BCUT2D eigenvalue weighted by molar-refractivity contribution is -0.929. The molecular weight excluding hydrogens is 301 g/mol. The zero-order valence-corrected chi connectivity index (χ0v) is 15.8. The summed E-state index contributed by atoms with van der Waals surface area (Å²) in [6, 6.07) is 5.14. The largest absolute Gasteiger partial charge is 0.484 e. The van der Waals surface area contributed by atoms with Crippen molar-refractivity contribution in [2.45, 2.75) is 59.3 Å². The Morgan fingerprint density at radius 3 is 2.33 bits per heavy atom. The van der Waals surface area contributed by atoms with Crippen molar-refractivity contribution >= 4 is 0 Å². The molecule has 0 bridgehead atoms. The van der Waals surface area contributed by atoms with E-state index in [1.807, 2.05) is 13.0 Å². The molecule has 0 aliphatic carbocycles. The number of hydrogen-bond donors (Lipinski definition) is 0. The van der Waals surface area contributed by atoms with Gasteiger partial charge in [-0.3, -0.25) is 0 Å². The van der Waals surface area contributed by atoms with E-state index in [4.69, 9.17) is 4.74 Å². The van der Waals surface area contributed by atoms with Crippen molar-refractivity contribution in [1.29, 1.82) is 0 Å². The van der Waals surface area contributed by atoms with Gasteiger partial charge in [0.2, 0.25) is 0 Å². The number of rotatable bonds is 7. The summed E-state index contributed by atoms with van der Waals surface area (Å²) in [5.41, 5.74) is 0.886. The number of benzene rings is 1. The molecule has 0 amide bonds. The SMILES string of the molecule is Cc1cccc(F)c1OCC[N+]1(CCC(C)C)CCCCCCC1. The molecule has 1 aliphatic rings. The lowest BCUT2D eigenvalue weighted by atomic mass is 10.0. The number of hydrogen-bond acceptors (Lipinski definition) is 1. The molecule has 1 aromatic carbocycles. The van der Waals surface area contributed by atoms with Gasteiger partial charge < -0.3 is 9.22 Å². The molecule has 1 heterocycles. The van der Waals surface area contributed by atoms with Gasteiger partial charge in [0.1, 0.15) is 13.2 Å². The summed E-state index contributed by atoms with van der Waals surface area (Å²) in [7, 11) is 0. The normalized spacial score (nSPS) is 18.2. The average Bonchev–Trinajstić information content (AvgIpc) is 2.51. The predicted octanol–water partition coefficient (Wildman–Crippen LogP) is 5.34. The van der Waals surface area contributed by atoms with Gasteiger partial charge in [-0.1, -0.05) is 32.4 Å². The molecule has 1 aliphatic heterocycles. The van der Waals surface area contributed by atoms with Crippen LogP contribution in [0.1, 0.15) is 57.9 Å². The van der Waals surface area contributed by atoms with Crippen LogP contribution < -0.4 is 4.74 Å². The Hall–Kier alpha value is -1.09. The summed E-state index contributed by atoms with van der Waals surface area (Å²) in [5.74, 6) is 0.933. The zero-order chi connectivity index (χ0) is 17.4. The molecule has 0 atom stereocenters. The topological polar surface area (TPSA) is 9.23 Å². The summed E-state index contributed by atoms with van der Waals surface area (Å²) in [6.45, 7) is 11.9. The molecule has 1 saturated heterocycles. The van der Waals surface area contributed by atoms with Crippen molar-refractivity contribution in [3.63, 3.8) is 0 Å². The van der Waals surface area contributed by atoms with Crippen LogP contribution >= 0.6 is 0 Å². The van der Waals surface area contributed by atoms with Gasteiger partial charge in [-0.2, -0.15) is 0 Å². The summed E-state index contributed by atoms with van der Waals surface area (Å²) < 4.78 is 21.0. The van der Waals surface area contributed by atoms with E-state index in [9.17, 15) is 4.39 Å². The molecule has 1 aromatic rings. The first-order valence-corrected chi connectivity index (χ1v) is 9.75. The maximum Gasteiger partial charge on any atom is 0.165 e. The average molecular weight is 337 g/mol. The van der Waals surface area contributed by atoms with E-state index in [0.29, 0.717) is 12.4 Å². The number of quaternary nitrogens is 1. The Kier molecular flexibility index (Phi) is 7.54. The van der Waals surface area contributed by atoms with Crippen molar-refractivity contribution in [2.24, 2.45) is 5.92 Å². The Bertz CT molecular complexity index is 472. The van der Waals surface area contributed by atoms with E-state index in [0.717, 1.165) is 22.5 Å². The lowest BCUT2D eigenvalue weighted by Crippen LogP contribution is -2.53. The van der Waals surface area contributed by atoms with E-state index >= 15 is 0 Å². The molecule has 3 heteroatoms. The first-order valence-electron chi connectivity index (χ1n) is 9.75. The minimum absolute atomic E-state index is 0.239. The van der Waals surface area contributed by atoms with E-state index in [2.05, 4.69) is 13.8 Å². The van der Waals surface area contributed by atoms with Crippen LogP contribution in [0.3, 0.4) is 0 Å². The zero-order valence-electron chi connectivity index (χ0n) is 15.8. The number of nitrogens with zero attached hydrogens (tertiary/aromatic N) is 1. The first-order chi connectivity index (χ1) is 11.5. The number of aryl methyl sites for hydroxylation is 1. The molecule has 0 saturated carbocycles. The van der Waals surface area contributed by atoms with Crippen LogP contribution in [-0.2, 0) is 0 Å². The molecule has 136 valence electrons. The second kappa shape index (κ2) is 9.41.